The molecule has 1 aliphatic rings. The highest BCUT2D eigenvalue weighted by Gasteiger charge is 2.31. The van der Waals surface area contributed by atoms with Crippen molar-refractivity contribution in [2.24, 2.45) is 13.0 Å². The van der Waals surface area contributed by atoms with Crippen LogP contribution in [0.1, 0.15) is 23.3 Å². The second-order valence-electron chi connectivity index (χ2n) is 7.23. The first-order valence-electron chi connectivity index (χ1n) is 9.27. The highest BCUT2D eigenvalue weighted by Crippen LogP contribution is 2.22. The minimum atomic E-state index is -3.60. The van der Waals surface area contributed by atoms with E-state index >= 15 is 0 Å². The van der Waals surface area contributed by atoms with E-state index in [1.165, 1.54) is 16.8 Å². The number of sulfonamides is 1. The molecule has 9 heteroatoms. The van der Waals surface area contributed by atoms with Gasteiger partial charge in [0.1, 0.15) is 5.69 Å². The molecule has 2 N–H and O–H groups in total. The number of para-hydroxylation sites is 1. The third kappa shape index (κ3) is 3.67. The fraction of sp³-hybridized carbons (Fsp3) is 0.368. The quantitative estimate of drug-likeness (QED) is 0.680. The third-order valence-electron chi connectivity index (χ3n) is 5.09. The van der Waals surface area contributed by atoms with Crippen molar-refractivity contribution in [2.45, 2.75) is 17.9 Å². The van der Waals surface area contributed by atoms with Crippen molar-refractivity contribution in [3.05, 3.63) is 48.5 Å². The molecule has 1 amide bonds. The zero-order chi connectivity index (χ0) is 19.7. The van der Waals surface area contributed by atoms with Gasteiger partial charge in [-0.05, 0) is 30.9 Å². The Kier molecular flexibility index (Phi) is 4.94. The zero-order valence-corrected chi connectivity index (χ0v) is 16.4. The van der Waals surface area contributed by atoms with E-state index in [1.54, 1.807) is 11.6 Å². The number of rotatable bonds is 5. The first-order valence-corrected chi connectivity index (χ1v) is 10.7. The summed E-state index contributed by atoms with van der Waals surface area (Å²) in [6, 6.07) is 9.54. The van der Waals surface area contributed by atoms with Crippen LogP contribution in [-0.2, 0) is 17.1 Å². The van der Waals surface area contributed by atoms with Gasteiger partial charge in [0.2, 0.25) is 0 Å². The van der Waals surface area contributed by atoms with Gasteiger partial charge in [0, 0.05) is 43.8 Å². The Hall–Kier alpha value is -2.65. The Labute approximate surface area is 163 Å². The second-order valence-corrected chi connectivity index (χ2v) is 9.11. The standard InChI is InChI=1S/C19H23N5O3S/c1-23-12-18(21-13-23)28(26,27)24-8-4-5-14(11-24)10-20-19(25)17-9-15-6-2-3-7-16(15)22-17/h2-3,6-7,9,12-14,22H,4-5,8,10-11H2,1H3,(H,20,25)/t14-/m0/s1. The summed E-state index contributed by atoms with van der Waals surface area (Å²) in [6.45, 7) is 1.29. The van der Waals surface area contributed by atoms with E-state index in [9.17, 15) is 13.2 Å². The van der Waals surface area contributed by atoms with Gasteiger partial charge in [-0.1, -0.05) is 18.2 Å². The van der Waals surface area contributed by atoms with Gasteiger partial charge in [-0.2, -0.15) is 4.31 Å². The number of nitrogens with one attached hydrogen (secondary N) is 2. The summed E-state index contributed by atoms with van der Waals surface area (Å²) in [5, 5.41) is 3.99. The molecule has 0 unspecified atom stereocenters. The summed E-state index contributed by atoms with van der Waals surface area (Å²) in [7, 11) is -1.86. The smallest absolute Gasteiger partial charge is 0.267 e. The van der Waals surface area contributed by atoms with E-state index in [-0.39, 0.29) is 16.9 Å². The number of aromatic nitrogens is 3. The zero-order valence-electron chi connectivity index (χ0n) is 15.6. The number of piperidine rings is 1. The molecular weight excluding hydrogens is 378 g/mol. The number of hydrogen-bond acceptors (Lipinski definition) is 4. The van der Waals surface area contributed by atoms with Crippen molar-refractivity contribution in [2.75, 3.05) is 19.6 Å². The van der Waals surface area contributed by atoms with Gasteiger partial charge in [-0.15, -0.1) is 0 Å². The maximum atomic E-state index is 12.8. The van der Waals surface area contributed by atoms with E-state index < -0.39 is 10.0 Å². The van der Waals surface area contributed by atoms with Crippen LogP contribution in [0.15, 0.2) is 47.9 Å². The Bertz CT molecular complexity index is 1070. The van der Waals surface area contributed by atoms with E-state index in [0.717, 1.165) is 23.7 Å². The predicted molar refractivity (Wildman–Crippen MR) is 105 cm³/mol. The average Bonchev–Trinajstić information content (AvgIpc) is 3.33. The van der Waals surface area contributed by atoms with Crippen LogP contribution in [-0.4, -0.2) is 52.8 Å². The number of carbonyl (C=O) groups excluding carboxylic acids is 1. The summed E-state index contributed by atoms with van der Waals surface area (Å²) in [5.74, 6) is -0.110. The van der Waals surface area contributed by atoms with Gasteiger partial charge in [-0.3, -0.25) is 4.79 Å². The molecule has 28 heavy (non-hydrogen) atoms. The van der Waals surface area contributed by atoms with Gasteiger partial charge in [0.15, 0.2) is 5.03 Å². The minimum Gasteiger partial charge on any atom is -0.351 e. The Morgan fingerprint density at radius 3 is 2.93 bits per heavy atom. The molecule has 0 spiro atoms. The maximum Gasteiger partial charge on any atom is 0.267 e. The van der Waals surface area contributed by atoms with Crippen molar-refractivity contribution in [3.8, 4) is 0 Å². The number of imidazole rings is 1. The monoisotopic (exact) mass is 401 g/mol. The molecule has 0 aliphatic carbocycles. The van der Waals surface area contributed by atoms with Gasteiger partial charge < -0.3 is 14.9 Å². The largest absolute Gasteiger partial charge is 0.351 e. The predicted octanol–water partition coefficient (Wildman–Crippen LogP) is 1.73. The lowest BCUT2D eigenvalue weighted by molar-refractivity contribution is 0.0937. The van der Waals surface area contributed by atoms with Crippen LogP contribution in [0.25, 0.3) is 10.9 Å². The fourth-order valence-corrected chi connectivity index (χ4v) is 5.11. The summed E-state index contributed by atoms with van der Waals surface area (Å²) in [5.41, 5.74) is 1.42. The molecule has 0 bridgehead atoms. The molecule has 1 fully saturated rings. The van der Waals surface area contributed by atoms with E-state index in [1.807, 2.05) is 30.3 Å². The lowest BCUT2D eigenvalue weighted by Crippen LogP contribution is -2.43. The van der Waals surface area contributed by atoms with Crippen molar-refractivity contribution in [3.63, 3.8) is 0 Å². The van der Waals surface area contributed by atoms with Gasteiger partial charge >= 0.3 is 0 Å². The van der Waals surface area contributed by atoms with Crippen molar-refractivity contribution < 1.29 is 13.2 Å². The van der Waals surface area contributed by atoms with Gasteiger partial charge in [0.25, 0.3) is 15.9 Å². The number of aromatic amines is 1. The first kappa shape index (κ1) is 18.7. The molecule has 1 aromatic carbocycles. The number of benzene rings is 1. The Morgan fingerprint density at radius 1 is 1.36 bits per heavy atom. The fourth-order valence-electron chi connectivity index (χ4n) is 3.59. The molecule has 1 saturated heterocycles. The van der Waals surface area contributed by atoms with Crippen molar-refractivity contribution in [1.82, 2.24) is 24.2 Å². The van der Waals surface area contributed by atoms with Crippen LogP contribution in [0.3, 0.4) is 0 Å². The Morgan fingerprint density at radius 2 is 2.18 bits per heavy atom. The highest BCUT2D eigenvalue weighted by atomic mass is 32.2. The second kappa shape index (κ2) is 7.40. The topological polar surface area (TPSA) is 100 Å². The first-order chi connectivity index (χ1) is 13.4. The molecule has 0 saturated carbocycles. The summed E-state index contributed by atoms with van der Waals surface area (Å²) in [6.07, 6.45) is 4.63. The van der Waals surface area contributed by atoms with Crippen molar-refractivity contribution in [1.29, 1.82) is 0 Å². The van der Waals surface area contributed by atoms with E-state index in [0.29, 0.717) is 25.3 Å². The van der Waals surface area contributed by atoms with Crippen molar-refractivity contribution >= 4 is 26.8 Å². The third-order valence-corrected chi connectivity index (χ3v) is 6.84. The van der Waals surface area contributed by atoms with Crippen LogP contribution >= 0.6 is 0 Å². The van der Waals surface area contributed by atoms with E-state index in [4.69, 9.17) is 0 Å². The Balaban J connectivity index is 1.39. The molecule has 3 heterocycles. The molecule has 1 aliphatic heterocycles. The summed E-state index contributed by atoms with van der Waals surface area (Å²) in [4.78, 5) is 19.6. The van der Waals surface area contributed by atoms with Crippen LogP contribution < -0.4 is 5.32 Å². The molecular formula is C19H23N5O3S. The lowest BCUT2D eigenvalue weighted by atomic mass is 10.00. The number of hydrogen-bond donors (Lipinski definition) is 2. The van der Waals surface area contributed by atoms with Gasteiger partial charge in [0.05, 0.1) is 6.33 Å². The molecule has 2 aromatic heterocycles. The lowest BCUT2D eigenvalue weighted by Gasteiger charge is -2.31. The van der Waals surface area contributed by atoms with Crippen LogP contribution in [0.4, 0.5) is 0 Å². The molecule has 1 atom stereocenters. The SMILES string of the molecule is Cn1cnc(S(=O)(=O)N2CCC[C@@H](CNC(=O)c3cc4ccccc4[nH]3)C2)c1. The average molecular weight is 401 g/mol. The van der Waals surface area contributed by atoms with Crippen LogP contribution in [0, 0.1) is 5.92 Å². The number of nitrogens with zero attached hydrogens (tertiary/aromatic N) is 3. The molecule has 8 nitrogen and oxygen atoms in total. The molecule has 3 aromatic rings. The van der Waals surface area contributed by atoms with Crippen LogP contribution in [0.5, 0.6) is 0 Å². The summed E-state index contributed by atoms with van der Waals surface area (Å²) < 4.78 is 28.6. The molecule has 0 radical (unpaired) electrons. The normalized spacial score (nSPS) is 18.4. The number of fused-ring (bicyclic) bond motifs is 1. The number of aryl methyl sites for hydroxylation is 1. The highest BCUT2D eigenvalue weighted by molar-refractivity contribution is 7.89. The minimum absolute atomic E-state index is 0.0674. The maximum absolute atomic E-state index is 12.8. The number of carbonyl (C=O) groups is 1. The molecule has 4 rings (SSSR count). The summed E-state index contributed by atoms with van der Waals surface area (Å²) >= 11 is 0. The van der Waals surface area contributed by atoms with E-state index in [2.05, 4.69) is 15.3 Å². The number of amides is 1. The van der Waals surface area contributed by atoms with Crippen LogP contribution in [0.2, 0.25) is 0 Å². The van der Waals surface area contributed by atoms with Gasteiger partial charge in [-0.25, -0.2) is 13.4 Å². The number of H-pyrrole nitrogens is 1. The molecule has 148 valence electrons.